The Hall–Kier alpha value is -0.190. The summed E-state index contributed by atoms with van der Waals surface area (Å²) in [6.45, 7) is 8.51. The van der Waals surface area contributed by atoms with Crippen LogP contribution in [0, 0.1) is 0 Å². The first kappa shape index (κ1) is 10.9. The predicted octanol–water partition coefficient (Wildman–Crippen LogP) is 0.298. The Balaban J connectivity index is 2.58. The quantitative estimate of drug-likeness (QED) is 0.651. The SMILES string of the molecule is CN1CCN(C(C)(C)C(N)=S)CC1. The van der Waals surface area contributed by atoms with Crippen LogP contribution in [0.1, 0.15) is 13.8 Å². The first-order valence-corrected chi connectivity index (χ1v) is 5.09. The lowest BCUT2D eigenvalue weighted by molar-refractivity contribution is 0.100. The molecule has 0 unspecified atom stereocenters. The molecule has 4 heteroatoms. The van der Waals surface area contributed by atoms with E-state index in [1.807, 2.05) is 0 Å². The Labute approximate surface area is 85.9 Å². The fraction of sp³-hybridized carbons (Fsp3) is 0.889. The third-order valence-corrected chi connectivity index (χ3v) is 3.40. The molecule has 3 nitrogen and oxygen atoms in total. The molecule has 1 saturated heterocycles. The molecule has 0 spiro atoms. The summed E-state index contributed by atoms with van der Waals surface area (Å²) in [5, 5.41) is 0. The van der Waals surface area contributed by atoms with Crippen molar-refractivity contribution in [1.29, 1.82) is 0 Å². The highest BCUT2D eigenvalue weighted by molar-refractivity contribution is 7.80. The summed E-state index contributed by atoms with van der Waals surface area (Å²) in [5.74, 6) is 0. The van der Waals surface area contributed by atoms with Gasteiger partial charge in [0.2, 0.25) is 0 Å². The van der Waals surface area contributed by atoms with Gasteiger partial charge in [-0.15, -0.1) is 0 Å². The van der Waals surface area contributed by atoms with Gasteiger partial charge in [-0.05, 0) is 20.9 Å². The van der Waals surface area contributed by atoms with Crippen molar-refractivity contribution in [3.63, 3.8) is 0 Å². The van der Waals surface area contributed by atoms with E-state index in [4.69, 9.17) is 18.0 Å². The fourth-order valence-electron chi connectivity index (χ4n) is 1.52. The lowest BCUT2D eigenvalue weighted by Gasteiger charge is -2.42. The normalized spacial score (nSPS) is 21.8. The van der Waals surface area contributed by atoms with Crippen LogP contribution in [-0.4, -0.2) is 53.6 Å². The molecule has 0 aliphatic carbocycles. The van der Waals surface area contributed by atoms with Crippen LogP contribution in [0.3, 0.4) is 0 Å². The van der Waals surface area contributed by atoms with Crippen molar-refractivity contribution < 1.29 is 0 Å². The number of piperazine rings is 1. The minimum Gasteiger partial charge on any atom is -0.392 e. The van der Waals surface area contributed by atoms with Crippen LogP contribution in [0.4, 0.5) is 0 Å². The Morgan fingerprint density at radius 3 is 2.08 bits per heavy atom. The summed E-state index contributed by atoms with van der Waals surface area (Å²) >= 11 is 5.06. The van der Waals surface area contributed by atoms with Gasteiger partial charge in [-0.25, -0.2) is 0 Å². The number of hydrogen-bond donors (Lipinski definition) is 1. The Morgan fingerprint density at radius 2 is 1.69 bits per heavy atom. The molecule has 0 aromatic rings. The molecule has 1 aliphatic rings. The Kier molecular flexibility index (Phi) is 3.27. The zero-order valence-electron chi connectivity index (χ0n) is 8.71. The molecule has 76 valence electrons. The third kappa shape index (κ3) is 2.39. The zero-order valence-corrected chi connectivity index (χ0v) is 9.52. The van der Waals surface area contributed by atoms with Gasteiger partial charge in [0.1, 0.15) is 0 Å². The number of nitrogens with two attached hydrogens (primary N) is 1. The minimum absolute atomic E-state index is 0.128. The molecule has 1 rings (SSSR count). The van der Waals surface area contributed by atoms with Crippen LogP contribution in [0.2, 0.25) is 0 Å². The number of hydrogen-bond acceptors (Lipinski definition) is 3. The molecular weight excluding hydrogens is 182 g/mol. The van der Waals surface area contributed by atoms with Gasteiger partial charge < -0.3 is 10.6 Å². The molecule has 1 heterocycles. The van der Waals surface area contributed by atoms with Crippen LogP contribution in [0.25, 0.3) is 0 Å². The van der Waals surface area contributed by atoms with Gasteiger partial charge in [0, 0.05) is 26.2 Å². The predicted molar refractivity (Wildman–Crippen MR) is 59.9 cm³/mol. The molecule has 0 aromatic carbocycles. The highest BCUT2D eigenvalue weighted by Gasteiger charge is 2.31. The molecule has 2 N–H and O–H groups in total. The Morgan fingerprint density at radius 1 is 1.23 bits per heavy atom. The smallest absolute Gasteiger partial charge is 0.0928 e. The number of thiocarbonyl (C=S) groups is 1. The molecule has 0 aromatic heterocycles. The summed E-state index contributed by atoms with van der Waals surface area (Å²) in [6, 6.07) is 0. The number of likely N-dealkylation sites (N-methyl/N-ethyl adjacent to an activating group) is 1. The van der Waals surface area contributed by atoms with E-state index in [9.17, 15) is 0 Å². The first-order chi connectivity index (χ1) is 5.94. The first-order valence-electron chi connectivity index (χ1n) is 4.68. The van der Waals surface area contributed by atoms with Crippen molar-refractivity contribution in [2.45, 2.75) is 19.4 Å². The maximum absolute atomic E-state index is 5.71. The number of rotatable bonds is 2. The molecule has 1 aliphatic heterocycles. The lowest BCUT2D eigenvalue weighted by Crippen LogP contribution is -2.58. The highest BCUT2D eigenvalue weighted by Crippen LogP contribution is 2.16. The molecule has 0 radical (unpaired) electrons. The van der Waals surface area contributed by atoms with Gasteiger partial charge in [0.15, 0.2) is 0 Å². The van der Waals surface area contributed by atoms with Crippen molar-refractivity contribution in [1.82, 2.24) is 9.80 Å². The van der Waals surface area contributed by atoms with Crippen LogP contribution in [0.15, 0.2) is 0 Å². The van der Waals surface area contributed by atoms with E-state index in [1.165, 1.54) is 0 Å². The van der Waals surface area contributed by atoms with E-state index in [2.05, 4.69) is 30.7 Å². The van der Waals surface area contributed by atoms with E-state index >= 15 is 0 Å². The molecule has 0 saturated carbocycles. The van der Waals surface area contributed by atoms with Crippen molar-refractivity contribution in [3.05, 3.63) is 0 Å². The van der Waals surface area contributed by atoms with Crippen molar-refractivity contribution >= 4 is 17.2 Å². The van der Waals surface area contributed by atoms with Crippen LogP contribution in [0.5, 0.6) is 0 Å². The third-order valence-electron chi connectivity index (χ3n) is 2.90. The average Bonchev–Trinajstić information content (AvgIpc) is 2.04. The maximum Gasteiger partial charge on any atom is 0.0928 e. The summed E-state index contributed by atoms with van der Waals surface area (Å²) in [6.07, 6.45) is 0. The molecule has 0 amide bonds. The van der Waals surface area contributed by atoms with E-state index in [1.54, 1.807) is 0 Å². The summed E-state index contributed by atoms with van der Waals surface area (Å²) in [5.41, 5.74) is 5.58. The molecule has 0 atom stereocenters. The van der Waals surface area contributed by atoms with Gasteiger partial charge in [-0.3, -0.25) is 4.90 Å². The van der Waals surface area contributed by atoms with Crippen molar-refractivity contribution in [2.75, 3.05) is 33.2 Å². The number of nitrogens with zero attached hydrogens (tertiary/aromatic N) is 2. The minimum atomic E-state index is -0.128. The van der Waals surface area contributed by atoms with Gasteiger partial charge in [-0.2, -0.15) is 0 Å². The van der Waals surface area contributed by atoms with Crippen LogP contribution < -0.4 is 5.73 Å². The van der Waals surface area contributed by atoms with Gasteiger partial charge in [0.05, 0.1) is 10.5 Å². The average molecular weight is 201 g/mol. The van der Waals surface area contributed by atoms with Crippen LogP contribution in [-0.2, 0) is 0 Å². The topological polar surface area (TPSA) is 32.5 Å². The largest absolute Gasteiger partial charge is 0.392 e. The van der Waals surface area contributed by atoms with Crippen molar-refractivity contribution in [2.24, 2.45) is 5.73 Å². The molecule has 0 bridgehead atoms. The summed E-state index contributed by atoms with van der Waals surface area (Å²) in [4.78, 5) is 5.28. The highest BCUT2D eigenvalue weighted by atomic mass is 32.1. The summed E-state index contributed by atoms with van der Waals surface area (Å²) < 4.78 is 0. The van der Waals surface area contributed by atoms with E-state index in [0.29, 0.717) is 4.99 Å². The maximum atomic E-state index is 5.71. The van der Waals surface area contributed by atoms with Gasteiger partial charge in [-0.1, -0.05) is 12.2 Å². The molecule has 1 fully saturated rings. The molecular formula is C9H19N3S. The van der Waals surface area contributed by atoms with E-state index < -0.39 is 0 Å². The second-order valence-corrected chi connectivity index (χ2v) is 4.65. The van der Waals surface area contributed by atoms with Gasteiger partial charge in [0.25, 0.3) is 0 Å². The fourth-order valence-corrected chi connectivity index (χ4v) is 1.65. The molecule has 13 heavy (non-hydrogen) atoms. The monoisotopic (exact) mass is 201 g/mol. The van der Waals surface area contributed by atoms with Crippen molar-refractivity contribution in [3.8, 4) is 0 Å². The lowest BCUT2D eigenvalue weighted by atomic mass is 10.0. The van der Waals surface area contributed by atoms with E-state index in [-0.39, 0.29) is 5.54 Å². The second-order valence-electron chi connectivity index (χ2n) is 4.21. The van der Waals surface area contributed by atoms with E-state index in [0.717, 1.165) is 26.2 Å². The zero-order chi connectivity index (χ0) is 10.1. The summed E-state index contributed by atoms with van der Waals surface area (Å²) in [7, 11) is 2.14. The standard InChI is InChI=1S/C9H19N3S/c1-9(2,8(10)13)12-6-4-11(3)5-7-12/h4-7H2,1-3H3,(H2,10,13). The van der Waals surface area contributed by atoms with Crippen LogP contribution >= 0.6 is 12.2 Å². The Bertz CT molecular complexity index is 195. The second kappa shape index (κ2) is 3.90. The van der Waals surface area contributed by atoms with Gasteiger partial charge >= 0.3 is 0 Å².